The molecule has 3 aromatic carbocycles. The molecule has 2 radical (unpaired) electrons. The lowest BCUT2D eigenvalue weighted by molar-refractivity contribution is 0.369. The van der Waals surface area contributed by atoms with Crippen LogP contribution in [0.2, 0.25) is 0 Å². The molecule has 0 aliphatic carbocycles. The molecular weight excluding hydrogens is 375 g/mol. The number of fused-ring (bicyclic) bond motifs is 4. The van der Waals surface area contributed by atoms with Crippen molar-refractivity contribution in [3.63, 3.8) is 0 Å². The molecule has 29 heavy (non-hydrogen) atoms. The Kier molecular flexibility index (Phi) is 3.22. The van der Waals surface area contributed by atoms with Gasteiger partial charge in [0.2, 0.25) is 5.75 Å². The van der Waals surface area contributed by atoms with Crippen molar-refractivity contribution in [2.24, 2.45) is 0 Å². The number of H-pyrrole nitrogens is 1. The Morgan fingerprint density at radius 3 is 2.31 bits per heavy atom. The van der Waals surface area contributed by atoms with E-state index >= 15 is 0 Å². The first kappa shape index (κ1) is 17.1. The lowest BCUT2D eigenvalue weighted by atomic mass is 9.90. The molecule has 0 fully saturated rings. The zero-order valence-corrected chi connectivity index (χ0v) is 15.0. The number of phenols is 5. The van der Waals surface area contributed by atoms with Gasteiger partial charge in [-0.3, -0.25) is 0 Å². The van der Waals surface area contributed by atoms with Gasteiger partial charge in [-0.25, -0.2) is 4.68 Å². The second kappa shape index (κ2) is 5.47. The van der Waals surface area contributed by atoms with Crippen molar-refractivity contribution < 1.29 is 25.5 Å². The lowest BCUT2D eigenvalue weighted by Crippen LogP contribution is -2.10. The van der Waals surface area contributed by atoms with Crippen LogP contribution in [0.15, 0.2) is 24.3 Å². The van der Waals surface area contributed by atoms with E-state index in [2.05, 4.69) is 15.3 Å². The molecule has 0 spiro atoms. The van der Waals surface area contributed by atoms with E-state index in [0.717, 1.165) is 0 Å². The monoisotopic (exact) mass is 388 g/mol. The van der Waals surface area contributed by atoms with Crippen LogP contribution in [0.5, 0.6) is 28.7 Å². The normalized spacial score (nSPS) is 11.8. The van der Waals surface area contributed by atoms with Crippen LogP contribution in [0.3, 0.4) is 0 Å². The Morgan fingerprint density at radius 1 is 0.862 bits per heavy atom. The van der Waals surface area contributed by atoms with Gasteiger partial charge in [-0.2, -0.15) is 0 Å². The van der Waals surface area contributed by atoms with Crippen LogP contribution < -0.4 is 5.46 Å². The van der Waals surface area contributed by atoms with Crippen LogP contribution in [-0.2, 0) is 0 Å². The summed E-state index contributed by atoms with van der Waals surface area (Å²) < 4.78 is 1.23. The zero-order valence-electron chi connectivity index (χ0n) is 15.0. The second-order valence-electron chi connectivity index (χ2n) is 6.75. The Labute approximate surface area is 163 Å². The van der Waals surface area contributed by atoms with Gasteiger partial charge in [-0.1, -0.05) is 17.3 Å². The lowest BCUT2D eigenvalue weighted by Gasteiger charge is -2.13. The summed E-state index contributed by atoms with van der Waals surface area (Å²) in [6.07, 6.45) is 0. The quantitative estimate of drug-likeness (QED) is 0.189. The average Bonchev–Trinajstić information content (AvgIpc) is 3.32. The molecule has 0 atom stereocenters. The van der Waals surface area contributed by atoms with Crippen LogP contribution in [-0.4, -0.2) is 53.4 Å². The number of aromatic nitrogens is 4. The number of nitrogens with zero attached hydrogens (tertiary/aromatic N) is 3. The van der Waals surface area contributed by atoms with E-state index in [0.29, 0.717) is 11.0 Å². The number of nitrogens with one attached hydrogen (secondary N) is 1. The largest absolute Gasteiger partial charge is 0.506 e. The minimum absolute atomic E-state index is 0.0441. The molecular formula is C19H13BN4O5. The number of benzene rings is 3. The molecule has 0 bridgehead atoms. The van der Waals surface area contributed by atoms with E-state index in [9.17, 15) is 25.5 Å². The summed E-state index contributed by atoms with van der Waals surface area (Å²) in [6, 6.07) is 6.94. The van der Waals surface area contributed by atoms with E-state index in [1.807, 2.05) is 0 Å². The molecule has 10 heteroatoms. The number of rotatable bonds is 1. The van der Waals surface area contributed by atoms with Gasteiger partial charge in [-0.15, -0.1) is 5.10 Å². The molecule has 5 rings (SSSR count). The molecule has 5 aromatic rings. The maximum absolute atomic E-state index is 11.1. The summed E-state index contributed by atoms with van der Waals surface area (Å²) in [5, 5.41) is 60.5. The zero-order chi connectivity index (χ0) is 20.6. The molecule has 2 aromatic heterocycles. The van der Waals surface area contributed by atoms with Crippen LogP contribution in [0.1, 0.15) is 5.56 Å². The molecule has 6 N–H and O–H groups in total. The van der Waals surface area contributed by atoms with Crippen molar-refractivity contribution in [2.75, 3.05) is 0 Å². The Balaban J connectivity index is 2.01. The Hall–Kier alpha value is -4.08. The number of para-hydroxylation sites is 1. The first-order chi connectivity index (χ1) is 13.8. The number of hydrogen-bond donors (Lipinski definition) is 6. The van der Waals surface area contributed by atoms with E-state index in [4.69, 9.17) is 7.85 Å². The molecule has 2 heterocycles. The molecule has 0 unspecified atom stereocenters. The number of aromatic hydroxyl groups is 5. The summed E-state index contributed by atoms with van der Waals surface area (Å²) in [5.74, 6) is -2.75. The summed E-state index contributed by atoms with van der Waals surface area (Å²) in [5.41, 5.74) is 1.41. The third-order valence-electron chi connectivity index (χ3n) is 5.19. The number of aromatic amines is 1. The smallest absolute Gasteiger partial charge is 0.201 e. The van der Waals surface area contributed by atoms with Crippen molar-refractivity contribution in [1.29, 1.82) is 0 Å². The maximum atomic E-state index is 11.1. The third kappa shape index (κ3) is 2.00. The summed E-state index contributed by atoms with van der Waals surface area (Å²) in [6.45, 7) is 1.52. The summed E-state index contributed by atoms with van der Waals surface area (Å²) >= 11 is 0. The highest BCUT2D eigenvalue weighted by Gasteiger charge is 2.27. The minimum atomic E-state index is -0.727. The predicted molar refractivity (Wildman–Crippen MR) is 107 cm³/mol. The van der Waals surface area contributed by atoms with Crippen molar-refractivity contribution in [2.45, 2.75) is 6.92 Å². The average molecular weight is 388 g/mol. The van der Waals surface area contributed by atoms with Crippen LogP contribution in [0, 0.1) is 6.92 Å². The highest BCUT2D eigenvalue weighted by molar-refractivity contribution is 6.43. The third-order valence-corrected chi connectivity index (χ3v) is 5.19. The Morgan fingerprint density at radius 2 is 1.55 bits per heavy atom. The predicted octanol–water partition coefficient (Wildman–Crippen LogP) is 1.69. The Bertz CT molecular complexity index is 1490. The fraction of sp³-hybridized carbons (Fsp3) is 0.0526. The minimum Gasteiger partial charge on any atom is -0.506 e. The van der Waals surface area contributed by atoms with Crippen LogP contribution in [0.25, 0.3) is 38.5 Å². The second-order valence-corrected chi connectivity index (χ2v) is 6.75. The highest BCUT2D eigenvalue weighted by atomic mass is 16.3. The van der Waals surface area contributed by atoms with Crippen molar-refractivity contribution in [3.8, 4) is 34.4 Å². The highest BCUT2D eigenvalue weighted by Crippen LogP contribution is 2.50. The summed E-state index contributed by atoms with van der Waals surface area (Å²) in [4.78, 5) is 2.89. The van der Waals surface area contributed by atoms with Crippen LogP contribution in [0.4, 0.5) is 0 Å². The van der Waals surface area contributed by atoms with E-state index < -0.39 is 28.7 Å². The van der Waals surface area contributed by atoms with Gasteiger partial charge >= 0.3 is 0 Å². The summed E-state index contributed by atoms with van der Waals surface area (Å²) in [7, 11) is 6.12. The van der Waals surface area contributed by atoms with Gasteiger partial charge in [0.1, 0.15) is 19.1 Å². The molecule has 0 aliphatic rings. The standard InChI is InChI=1S/C19H13BN4O5/c1-6-12-9(17(27)19(29)15(6)25)10-13(21-12)11(20)18(28)14(16(10)26)24-8-5-3-2-4-7(8)22-23-24/h2-5,21,25-29H,1H3. The SMILES string of the molecule is [B]c1c(O)c(-n2nnc3ccccc32)c(O)c2c1[nH]c1c(C)c(O)c(O)c(O)c12. The van der Waals surface area contributed by atoms with Crippen molar-refractivity contribution in [1.82, 2.24) is 20.0 Å². The number of phenolic OH excluding ortho intramolecular Hbond substituents is 5. The molecule has 9 nitrogen and oxygen atoms in total. The van der Waals surface area contributed by atoms with Gasteiger partial charge in [0.05, 0.1) is 21.8 Å². The van der Waals surface area contributed by atoms with Gasteiger partial charge < -0.3 is 30.5 Å². The van der Waals surface area contributed by atoms with Gasteiger partial charge in [-0.05, 0) is 24.5 Å². The first-order valence-electron chi connectivity index (χ1n) is 8.55. The van der Waals surface area contributed by atoms with Crippen molar-refractivity contribution >= 4 is 46.1 Å². The van der Waals surface area contributed by atoms with Gasteiger partial charge in [0, 0.05) is 11.1 Å². The maximum Gasteiger partial charge on any atom is 0.201 e. The van der Waals surface area contributed by atoms with E-state index in [-0.39, 0.29) is 38.5 Å². The number of hydrogen-bond acceptors (Lipinski definition) is 7. The molecule has 0 saturated heterocycles. The fourth-order valence-corrected chi connectivity index (χ4v) is 3.69. The van der Waals surface area contributed by atoms with Crippen LogP contribution >= 0.6 is 0 Å². The topological polar surface area (TPSA) is 148 Å². The fourth-order valence-electron chi connectivity index (χ4n) is 3.69. The molecule has 0 aliphatic heterocycles. The van der Waals surface area contributed by atoms with Gasteiger partial charge in [0.15, 0.2) is 22.9 Å². The van der Waals surface area contributed by atoms with E-state index in [1.165, 1.54) is 11.6 Å². The van der Waals surface area contributed by atoms with Gasteiger partial charge in [0.25, 0.3) is 0 Å². The van der Waals surface area contributed by atoms with Crippen molar-refractivity contribution in [3.05, 3.63) is 29.8 Å². The molecule has 142 valence electrons. The molecule has 0 amide bonds. The molecule has 0 saturated carbocycles. The number of aryl methyl sites for hydroxylation is 1. The first-order valence-corrected chi connectivity index (χ1v) is 8.55. The van der Waals surface area contributed by atoms with E-state index in [1.54, 1.807) is 24.3 Å².